The van der Waals surface area contributed by atoms with Gasteiger partial charge in [0.25, 0.3) is 0 Å². The molecule has 0 radical (unpaired) electrons. The van der Waals surface area contributed by atoms with Crippen LogP contribution < -0.4 is 0 Å². The highest BCUT2D eigenvalue weighted by Gasteiger charge is 2.34. The molecule has 34 heavy (non-hydrogen) atoms. The Balaban J connectivity index is 1.65. The van der Waals surface area contributed by atoms with Gasteiger partial charge in [-0.2, -0.15) is 13.2 Å². The SMILES string of the molecule is CCCCCCC[C@@H]1CCc2c(ccc3ccccc23)[C@H]1C#Cc1ccc(C(F)(F)F)c(F)c1. The van der Waals surface area contributed by atoms with Gasteiger partial charge < -0.3 is 0 Å². The maximum atomic E-state index is 14.1. The van der Waals surface area contributed by atoms with E-state index in [1.807, 2.05) is 12.1 Å². The van der Waals surface area contributed by atoms with Gasteiger partial charge in [-0.3, -0.25) is 0 Å². The lowest BCUT2D eigenvalue weighted by Crippen LogP contribution is -2.20. The van der Waals surface area contributed by atoms with Crippen LogP contribution in [0, 0.1) is 23.6 Å². The predicted molar refractivity (Wildman–Crippen MR) is 130 cm³/mol. The van der Waals surface area contributed by atoms with Crippen molar-refractivity contribution in [3.05, 3.63) is 82.7 Å². The molecule has 0 amide bonds. The summed E-state index contributed by atoms with van der Waals surface area (Å²) in [6.45, 7) is 2.21. The Morgan fingerprint density at radius 1 is 0.941 bits per heavy atom. The Morgan fingerprint density at radius 2 is 1.74 bits per heavy atom. The second-order valence-electron chi connectivity index (χ2n) is 9.30. The molecule has 1 aliphatic rings. The fourth-order valence-electron chi connectivity index (χ4n) is 5.17. The first kappa shape index (κ1) is 24.3. The number of hydrogen-bond acceptors (Lipinski definition) is 0. The van der Waals surface area contributed by atoms with Crippen molar-refractivity contribution in [1.29, 1.82) is 0 Å². The van der Waals surface area contributed by atoms with Gasteiger partial charge >= 0.3 is 6.18 Å². The lowest BCUT2D eigenvalue weighted by molar-refractivity contribution is -0.140. The highest BCUT2D eigenvalue weighted by molar-refractivity contribution is 5.87. The highest BCUT2D eigenvalue weighted by atomic mass is 19.4. The molecule has 2 atom stereocenters. The number of unbranched alkanes of at least 4 members (excludes halogenated alkanes) is 4. The Labute approximate surface area is 199 Å². The zero-order chi connectivity index (χ0) is 24.1. The third kappa shape index (κ3) is 5.46. The quantitative estimate of drug-likeness (QED) is 0.193. The number of halogens is 4. The molecule has 3 aromatic rings. The first-order chi connectivity index (χ1) is 16.4. The van der Waals surface area contributed by atoms with Crippen LogP contribution in [0.25, 0.3) is 10.8 Å². The molecule has 0 aromatic heterocycles. The van der Waals surface area contributed by atoms with Gasteiger partial charge in [-0.25, -0.2) is 4.39 Å². The molecule has 0 bridgehead atoms. The van der Waals surface area contributed by atoms with E-state index in [2.05, 4.69) is 43.0 Å². The van der Waals surface area contributed by atoms with Crippen molar-refractivity contribution >= 4 is 10.8 Å². The van der Waals surface area contributed by atoms with Crippen LogP contribution in [0.1, 0.15) is 80.0 Å². The second kappa shape index (κ2) is 10.6. The number of rotatable bonds is 6. The molecule has 0 aliphatic heterocycles. The Kier molecular flexibility index (Phi) is 7.61. The number of aryl methyl sites for hydroxylation is 1. The average molecular weight is 467 g/mol. The summed E-state index contributed by atoms with van der Waals surface area (Å²) < 4.78 is 52.8. The molecule has 3 aromatic carbocycles. The number of alkyl halides is 3. The lowest BCUT2D eigenvalue weighted by atomic mass is 9.72. The van der Waals surface area contributed by atoms with Crippen LogP contribution in [0.3, 0.4) is 0 Å². The molecule has 0 saturated heterocycles. The summed E-state index contributed by atoms with van der Waals surface area (Å²) in [7, 11) is 0. The highest BCUT2D eigenvalue weighted by Crippen LogP contribution is 2.41. The molecule has 0 heterocycles. The molecule has 4 heteroatoms. The van der Waals surface area contributed by atoms with Gasteiger partial charge in [-0.15, -0.1) is 0 Å². The van der Waals surface area contributed by atoms with Crippen LogP contribution in [0.5, 0.6) is 0 Å². The van der Waals surface area contributed by atoms with Crippen LogP contribution in [-0.2, 0) is 12.6 Å². The van der Waals surface area contributed by atoms with Crippen LogP contribution >= 0.6 is 0 Å². The topological polar surface area (TPSA) is 0 Å². The fraction of sp³-hybridized carbons (Fsp3) is 0.400. The molecule has 0 fully saturated rings. The Hall–Kier alpha value is -2.80. The Bertz CT molecular complexity index is 1200. The van der Waals surface area contributed by atoms with Crippen LogP contribution in [-0.4, -0.2) is 0 Å². The lowest BCUT2D eigenvalue weighted by Gasteiger charge is -2.31. The minimum atomic E-state index is -4.71. The first-order valence-corrected chi connectivity index (χ1v) is 12.3. The second-order valence-corrected chi connectivity index (χ2v) is 9.30. The van der Waals surface area contributed by atoms with E-state index in [9.17, 15) is 17.6 Å². The Morgan fingerprint density at radius 3 is 2.50 bits per heavy atom. The third-order valence-corrected chi connectivity index (χ3v) is 6.97. The summed E-state index contributed by atoms with van der Waals surface area (Å²) in [6, 6.07) is 15.6. The van der Waals surface area contributed by atoms with Crippen molar-refractivity contribution < 1.29 is 17.6 Å². The number of fused-ring (bicyclic) bond motifs is 3. The summed E-state index contributed by atoms with van der Waals surface area (Å²) in [4.78, 5) is 0. The van der Waals surface area contributed by atoms with Crippen molar-refractivity contribution in [3.8, 4) is 11.8 Å². The van der Waals surface area contributed by atoms with Crippen LogP contribution in [0.15, 0.2) is 54.6 Å². The van der Waals surface area contributed by atoms with Crippen LogP contribution in [0.4, 0.5) is 17.6 Å². The molecule has 1 aliphatic carbocycles. The molecular weight excluding hydrogens is 436 g/mol. The molecule has 0 spiro atoms. The van der Waals surface area contributed by atoms with E-state index in [4.69, 9.17) is 0 Å². The van der Waals surface area contributed by atoms with E-state index >= 15 is 0 Å². The van der Waals surface area contributed by atoms with Crippen molar-refractivity contribution in [1.82, 2.24) is 0 Å². The summed E-state index contributed by atoms with van der Waals surface area (Å²) in [5, 5.41) is 2.45. The van der Waals surface area contributed by atoms with E-state index in [0.717, 1.165) is 37.8 Å². The standard InChI is InChI=1S/C30H30F4/c1-2-3-4-5-6-9-23-15-17-26-24-11-8-7-10-22(24)14-18-27(26)25(23)16-12-21-13-19-28(29(31)20-21)30(32,33)34/h7-8,10-11,13-14,18-20,23,25H,2-6,9,15,17H2,1H3/t23-,25+/m1/s1. The maximum absolute atomic E-state index is 14.1. The third-order valence-electron chi connectivity index (χ3n) is 6.97. The van der Waals surface area contributed by atoms with Crippen molar-refractivity contribution in [3.63, 3.8) is 0 Å². The van der Waals surface area contributed by atoms with Gasteiger partial charge in [0.15, 0.2) is 0 Å². The van der Waals surface area contributed by atoms with E-state index in [1.54, 1.807) is 0 Å². The zero-order valence-electron chi connectivity index (χ0n) is 19.5. The minimum Gasteiger partial charge on any atom is -0.206 e. The maximum Gasteiger partial charge on any atom is 0.419 e. The summed E-state index contributed by atoms with van der Waals surface area (Å²) >= 11 is 0. The normalized spacial score (nSPS) is 17.8. The van der Waals surface area contributed by atoms with Gasteiger partial charge in [0.05, 0.1) is 5.56 Å². The molecular formula is C30H30F4. The minimum absolute atomic E-state index is 0.00937. The molecule has 0 unspecified atom stereocenters. The van der Waals surface area contributed by atoms with Crippen molar-refractivity contribution in [2.45, 2.75) is 70.4 Å². The molecule has 178 valence electrons. The summed E-state index contributed by atoms with van der Waals surface area (Å²) in [5.74, 6) is 5.46. The van der Waals surface area contributed by atoms with E-state index in [1.165, 1.54) is 53.6 Å². The van der Waals surface area contributed by atoms with Gasteiger partial charge in [-0.05, 0) is 65.3 Å². The summed E-state index contributed by atoms with van der Waals surface area (Å²) in [6.07, 6.45) is 4.48. The largest absolute Gasteiger partial charge is 0.419 e. The average Bonchev–Trinajstić information content (AvgIpc) is 2.81. The van der Waals surface area contributed by atoms with E-state index in [0.29, 0.717) is 5.92 Å². The van der Waals surface area contributed by atoms with Gasteiger partial charge in [0.1, 0.15) is 5.82 Å². The van der Waals surface area contributed by atoms with Gasteiger partial charge in [-0.1, -0.05) is 87.3 Å². The van der Waals surface area contributed by atoms with Gasteiger partial charge in [0, 0.05) is 11.5 Å². The van der Waals surface area contributed by atoms with E-state index < -0.39 is 17.6 Å². The number of benzene rings is 3. The molecule has 0 saturated carbocycles. The predicted octanol–water partition coefficient (Wildman–Crippen LogP) is 9.06. The smallest absolute Gasteiger partial charge is 0.206 e. The number of hydrogen-bond donors (Lipinski definition) is 0. The van der Waals surface area contributed by atoms with Crippen LogP contribution in [0.2, 0.25) is 0 Å². The van der Waals surface area contributed by atoms with Crippen molar-refractivity contribution in [2.24, 2.45) is 5.92 Å². The fourth-order valence-corrected chi connectivity index (χ4v) is 5.17. The van der Waals surface area contributed by atoms with Gasteiger partial charge in [0.2, 0.25) is 0 Å². The molecule has 0 N–H and O–H groups in total. The van der Waals surface area contributed by atoms with E-state index in [-0.39, 0.29) is 11.5 Å². The monoisotopic (exact) mass is 466 g/mol. The summed E-state index contributed by atoms with van der Waals surface area (Å²) in [5.41, 5.74) is 1.55. The first-order valence-electron chi connectivity index (χ1n) is 12.3. The molecule has 4 rings (SSSR count). The molecule has 0 nitrogen and oxygen atoms in total. The van der Waals surface area contributed by atoms with Crippen molar-refractivity contribution in [2.75, 3.05) is 0 Å². The zero-order valence-corrected chi connectivity index (χ0v) is 19.5.